The van der Waals surface area contributed by atoms with E-state index in [2.05, 4.69) is 33.6 Å². The summed E-state index contributed by atoms with van der Waals surface area (Å²) in [5, 5.41) is 6.21. The maximum Gasteiger partial charge on any atom is 0.270 e. The minimum atomic E-state index is -0.270. The molecule has 3 aromatic rings. The smallest absolute Gasteiger partial charge is 0.270 e. The SMILES string of the molecule is CCc1cccc(C)c1Nc1cc(C(=O)NCc2ccc3c(c2)OCO3)ncn1. The van der Waals surface area contributed by atoms with Crippen molar-refractivity contribution >= 4 is 17.4 Å². The fourth-order valence-electron chi connectivity index (χ4n) is 3.20. The molecular formula is C22H22N4O3. The van der Waals surface area contributed by atoms with Crippen LogP contribution in [0.2, 0.25) is 0 Å². The molecule has 0 atom stereocenters. The molecule has 1 aliphatic rings. The lowest BCUT2D eigenvalue weighted by Crippen LogP contribution is -2.24. The van der Waals surface area contributed by atoms with Gasteiger partial charge in [0, 0.05) is 18.3 Å². The zero-order chi connectivity index (χ0) is 20.2. The van der Waals surface area contributed by atoms with Crippen molar-refractivity contribution in [2.45, 2.75) is 26.8 Å². The van der Waals surface area contributed by atoms with Crippen molar-refractivity contribution in [3.05, 3.63) is 71.2 Å². The van der Waals surface area contributed by atoms with E-state index in [0.29, 0.717) is 29.6 Å². The Morgan fingerprint density at radius 3 is 2.83 bits per heavy atom. The second kappa shape index (κ2) is 8.18. The first kappa shape index (κ1) is 18.7. The van der Waals surface area contributed by atoms with Gasteiger partial charge in [0.05, 0.1) is 0 Å². The van der Waals surface area contributed by atoms with Crippen LogP contribution in [0.15, 0.2) is 48.8 Å². The van der Waals surface area contributed by atoms with Crippen molar-refractivity contribution in [1.29, 1.82) is 0 Å². The summed E-state index contributed by atoms with van der Waals surface area (Å²) < 4.78 is 10.7. The van der Waals surface area contributed by atoms with Crippen LogP contribution in [0.4, 0.5) is 11.5 Å². The molecule has 0 fully saturated rings. The fraction of sp³-hybridized carbons (Fsp3) is 0.227. The number of para-hydroxylation sites is 1. The van der Waals surface area contributed by atoms with Crippen molar-refractivity contribution in [3.8, 4) is 11.5 Å². The van der Waals surface area contributed by atoms with Crippen molar-refractivity contribution in [3.63, 3.8) is 0 Å². The number of rotatable bonds is 6. The van der Waals surface area contributed by atoms with Gasteiger partial charge in [-0.1, -0.05) is 31.2 Å². The molecule has 2 heterocycles. The molecule has 2 aromatic carbocycles. The Labute approximate surface area is 169 Å². The van der Waals surface area contributed by atoms with Gasteiger partial charge in [-0.3, -0.25) is 4.79 Å². The highest BCUT2D eigenvalue weighted by molar-refractivity contribution is 5.93. The molecule has 1 aromatic heterocycles. The first-order valence-electron chi connectivity index (χ1n) is 9.48. The van der Waals surface area contributed by atoms with Crippen LogP contribution in [0.3, 0.4) is 0 Å². The zero-order valence-corrected chi connectivity index (χ0v) is 16.4. The van der Waals surface area contributed by atoms with Crippen LogP contribution in [0.1, 0.15) is 34.1 Å². The van der Waals surface area contributed by atoms with Crippen LogP contribution in [0, 0.1) is 6.92 Å². The Hall–Kier alpha value is -3.61. The summed E-state index contributed by atoms with van der Waals surface area (Å²) >= 11 is 0. The van der Waals surface area contributed by atoms with Gasteiger partial charge < -0.3 is 20.1 Å². The van der Waals surface area contributed by atoms with Crippen LogP contribution < -0.4 is 20.1 Å². The summed E-state index contributed by atoms with van der Waals surface area (Å²) in [6.45, 7) is 4.74. The summed E-state index contributed by atoms with van der Waals surface area (Å²) in [6, 6.07) is 13.4. The second-order valence-electron chi connectivity index (χ2n) is 6.75. The van der Waals surface area contributed by atoms with Gasteiger partial charge in [-0.2, -0.15) is 0 Å². The maximum absolute atomic E-state index is 12.6. The number of hydrogen-bond donors (Lipinski definition) is 2. The average molecular weight is 390 g/mol. The number of carbonyl (C=O) groups excluding carboxylic acids is 1. The Morgan fingerprint density at radius 2 is 1.97 bits per heavy atom. The van der Waals surface area contributed by atoms with Crippen molar-refractivity contribution < 1.29 is 14.3 Å². The molecule has 0 unspecified atom stereocenters. The largest absolute Gasteiger partial charge is 0.454 e. The van der Waals surface area contributed by atoms with Crippen molar-refractivity contribution in [2.24, 2.45) is 0 Å². The summed E-state index contributed by atoms with van der Waals surface area (Å²) in [4.78, 5) is 20.9. The third-order valence-corrected chi connectivity index (χ3v) is 4.78. The summed E-state index contributed by atoms with van der Waals surface area (Å²) in [5.41, 5.74) is 4.55. The van der Waals surface area contributed by atoms with Gasteiger partial charge >= 0.3 is 0 Å². The molecule has 0 spiro atoms. The Kier molecular flexibility index (Phi) is 5.29. The molecule has 0 radical (unpaired) electrons. The lowest BCUT2D eigenvalue weighted by Gasteiger charge is -2.13. The molecule has 7 heteroatoms. The van der Waals surface area contributed by atoms with E-state index < -0.39 is 0 Å². The number of fused-ring (bicyclic) bond motifs is 1. The summed E-state index contributed by atoms with van der Waals surface area (Å²) in [5.74, 6) is 1.72. The second-order valence-corrected chi connectivity index (χ2v) is 6.75. The molecule has 0 aliphatic carbocycles. The van der Waals surface area contributed by atoms with E-state index in [4.69, 9.17) is 9.47 Å². The van der Waals surface area contributed by atoms with Crippen LogP contribution in [-0.2, 0) is 13.0 Å². The van der Waals surface area contributed by atoms with Gasteiger partial charge in [-0.25, -0.2) is 9.97 Å². The van der Waals surface area contributed by atoms with E-state index in [-0.39, 0.29) is 12.7 Å². The van der Waals surface area contributed by atoms with Gasteiger partial charge in [0.15, 0.2) is 11.5 Å². The van der Waals surface area contributed by atoms with E-state index in [1.807, 2.05) is 37.3 Å². The average Bonchev–Trinajstić information content (AvgIpc) is 3.21. The van der Waals surface area contributed by atoms with Crippen LogP contribution >= 0.6 is 0 Å². The molecule has 29 heavy (non-hydrogen) atoms. The number of amides is 1. The first-order chi connectivity index (χ1) is 14.1. The molecule has 148 valence electrons. The molecular weight excluding hydrogens is 368 g/mol. The van der Waals surface area contributed by atoms with Crippen LogP contribution in [0.25, 0.3) is 0 Å². The molecule has 4 rings (SSSR count). The molecule has 0 saturated heterocycles. The number of benzene rings is 2. The number of aryl methyl sites for hydroxylation is 2. The lowest BCUT2D eigenvalue weighted by atomic mass is 10.1. The van der Waals surface area contributed by atoms with E-state index in [0.717, 1.165) is 23.2 Å². The van der Waals surface area contributed by atoms with E-state index in [9.17, 15) is 4.79 Å². The summed E-state index contributed by atoms with van der Waals surface area (Å²) in [7, 11) is 0. The van der Waals surface area contributed by atoms with Crippen LogP contribution in [-0.4, -0.2) is 22.7 Å². The van der Waals surface area contributed by atoms with Crippen molar-refractivity contribution in [1.82, 2.24) is 15.3 Å². The topological polar surface area (TPSA) is 85.4 Å². The molecule has 1 amide bonds. The number of nitrogens with one attached hydrogen (secondary N) is 2. The molecule has 0 bridgehead atoms. The molecule has 2 N–H and O–H groups in total. The third-order valence-electron chi connectivity index (χ3n) is 4.78. The maximum atomic E-state index is 12.6. The van der Waals surface area contributed by atoms with Gasteiger partial charge in [0.1, 0.15) is 17.8 Å². The molecule has 0 saturated carbocycles. The minimum absolute atomic E-state index is 0.225. The highest BCUT2D eigenvalue weighted by Crippen LogP contribution is 2.32. The number of aromatic nitrogens is 2. The standard InChI is InChI=1S/C22H22N4O3/c1-3-16-6-4-5-14(2)21(16)26-20-10-17(24-12-25-20)22(27)23-11-15-7-8-18-19(9-15)29-13-28-18/h4-10,12H,3,11,13H2,1-2H3,(H,23,27)(H,24,25,26). The zero-order valence-electron chi connectivity index (χ0n) is 16.4. The van der Waals surface area contributed by atoms with Crippen molar-refractivity contribution in [2.75, 3.05) is 12.1 Å². The van der Waals surface area contributed by atoms with Gasteiger partial charge in [-0.05, 0) is 42.2 Å². The number of carbonyl (C=O) groups is 1. The van der Waals surface area contributed by atoms with Gasteiger partial charge in [-0.15, -0.1) is 0 Å². The predicted octanol–water partition coefficient (Wildman–Crippen LogP) is 3.75. The number of anilines is 2. The van der Waals surface area contributed by atoms with E-state index in [1.165, 1.54) is 11.9 Å². The number of nitrogens with zero attached hydrogens (tertiary/aromatic N) is 2. The Bertz CT molecular complexity index is 1050. The lowest BCUT2D eigenvalue weighted by molar-refractivity contribution is 0.0945. The quantitative estimate of drug-likeness (QED) is 0.667. The highest BCUT2D eigenvalue weighted by Gasteiger charge is 2.14. The fourth-order valence-corrected chi connectivity index (χ4v) is 3.20. The summed E-state index contributed by atoms with van der Waals surface area (Å²) in [6.07, 6.45) is 2.29. The minimum Gasteiger partial charge on any atom is -0.454 e. The normalized spacial score (nSPS) is 11.9. The van der Waals surface area contributed by atoms with E-state index >= 15 is 0 Å². The van der Waals surface area contributed by atoms with E-state index in [1.54, 1.807) is 6.07 Å². The predicted molar refractivity (Wildman–Crippen MR) is 110 cm³/mol. The van der Waals surface area contributed by atoms with Gasteiger partial charge in [0.25, 0.3) is 5.91 Å². The van der Waals surface area contributed by atoms with Crippen LogP contribution in [0.5, 0.6) is 11.5 Å². The number of ether oxygens (including phenoxy) is 2. The van der Waals surface area contributed by atoms with Gasteiger partial charge in [0.2, 0.25) is 6.79 Å². The number of hydrogen-bond acceptors (Lipinski definition) is 6. The Balaban J connectivity index is 1.45. The molecule has 7 nitrogen and oxygen atoms in total. The first-order valence-corrected chi connectivity index (χ1v) is 9.48. The molecule has 1 aliphatic heterocycles. The highest BCUT2D eigenvalue weighted by atomic mass is 16.7. The third kappa shape index (κ3) is 4.13. The monoisotopic (exact) mass is 390 g/mol. The Morgan fingerprint density at radius 1 is 1.10 bits per heavy atom.